The van der Waals surface area contributed by atoms with Crippen molar-refractivity contribution in [2.45, 2.75) is 13.0 Å². The molecular weight excluding hydrogens is 262 g/mol. The number of hydrogen-bond donors (Lipinski definition) is 0. The molecule has 0 spiro atoms. The Morgan fingerprint density at radius 2 is 2.24 bits per heavy atom. The lowest BCUT2D eigenvalue weighted by molar-refractivity contribution is 0.182. The summed E-state index contributed by atoms with van der Waals surface area (Å²) in [5, 5.41) is 1.26. The standard InChI is InChI=1S/C17H19N3O/c1-19-7-4-14-10-15(2-3-16(14)19)17-18-6-8-20(17)11-13-5-9-21-12-13/h2-4,6-8,10,13H,5,9,11-12H2,1H3. The normalized spacial score (nSPS) is 18.6. The van der Waals surface area contributed by atoms with Gasteiger partial charge < -0.3 is 13.9 Å². The lowest BCUT2D eigenvalue weighted by Gasteiger charge is -2.12. The van der Waals surface area contributed by atoms with E-state index >= 15 is 0 Å². The molecule has 0 radical (unpaired) electrons. The lowest BCUT2D eigenvalue weighted by atomic mass is 10.1. The third kappa shape index (κ3) is 2.25. The van der Waals surface area contributed by atoms with Crippen molar-refractivity contribution in [2.24, 2.45) is 13.0 Å². The molecule has 2 aromatic heterocycles. The molecule has 0 bridgehead atoms. The molecule has 1 fully saturated rings. The number of aryl methyl sites for hydroxylation is 1. The van der Waals surface area contributed by atoms with Crippen molar-refractivity contribution in [3.8, 4) is 11.4 Å². The van der Waals surface area contributed by atoms with E-state index < -0.39 is 0 Å². The number of ether oxygens (including phenoxy) is 1. The highest BCUT2D eigenvalue weighted by Crippen LogP contribution is 2.25. The first kappa shape index (κ1) is 12.7. The van der Waals surface area contributed by atoms with E-state index in [4.69, 9.17) is 4.74 Å². The van der Waals surface area contributed by atoms with Gasteiger partial charge >= 0.3 is 0 Å². The molecule has 108 valence electrons. The zero-order valence-corrected chi connectivity index (χ0v) is 12.2. The topological polar surface area (TPSA) is 32.0 Å². The van der Waals surface area contributed by atoms with Crippen LogP contribution in [-0.2, 0) is 18.3 Å². The summed E-state index contributed by atoms with van der Waals surface area (Å²) in [7, 11) is 2.07. The summed E-state index contributed by atoms with van der Waals surface area (Å²) in [6.45, 7) is 2.75. The number of aromatic nitrogens is 3. The van der Waals surface area contributed by atoms with Crippen LogP contribution in [0.1, 0.15) is 6.42 Å². The number of fused-ring (bicyclic) bond motifs is 1. The largest absolute Gasteiger partial charge is 0.381 e. The molecule has 4 nitrogen and oxygen atoms in total. The van der Waals surface area contributed by atoms with Crippen LogP contribution in [0, 0.1) is 5.92 Å². The molecule has 4 rings (SSSR count). The Hall–Kier alpha value is -2.07. The number of nitrogens with zero attached hydrogens (tertiary/aromatic N) is 3. The van der Waals surface area contributed by atoms with Crippen molar-refractivity contribution in [3.63, 3.8) is 0 Å². The summed E-state index contributed by atoms with van der Waals surface area (Å²) in [5.74, 6) is 1.66. The highest BCUT2D eigenvalue weighted by Gasteiger charge is 2.18. The Balaban J connectivity index is 1.69. The fourth-order valence-corrected chi connectivity index (χ4v) is 3.14. The molecule has 1 aliphatic heterocycles. The minimum Gasteiger partial charge on any atom is -0.381 e. The van der Waals surface area contributed by atoms with E-state index in [1.807, 2.05) is 6.20 Å². The van der Waals surface area contributed by atoms with Crippen molar-refractivity contribution in [1.82, 2.24) is 14.1 Å². The van der Waals surface area contributed by atoms with Crippen molar-refractivity contribution in [3.05, 3.63) is 42.9 Å². The second-order valence-electron chi connectivity index (χ2n) is 5.83. The average molecular weight is 281 g/mol. The molecule has 3 heterocycles. The Kier molecular flexibility index (Phi) is 3.04. The number of rotatable bonds is 3. The van der Waals surface area contributed by atoms with Gasteiger partial charge in [0.05, 0.1) is 6.61 Å². The van der Waals surface area contributed by atoms with Crippen molar-refractivity contribution >= 4 is 10.9 Å². The Labute approximate surface area is 124 Å². The SMILES string of the molecule is Cn1ccc2cc(-c3nccn3CC3CCOC3)ccc21. The van der Waals surface area contributed by atoms with E-state index in [0.717, 1.165) is 32.0 Å². The summed E-state index contributed by atoms with van der Waals surface area (Å²) in [4.78, 5) is 4.56. The van der Waals surface area contributed by atoms with Gasteiger partial charge in [0.15, 0.2) is 0 Å². The van der Waals surface area contributed by atoms with E-state index in [9.17, 15) is 0 Å². The second-order valence-corrected chi connectivity index (χ2v) is 5.83. The number of benzene rings is 1. The van der Waals surface area contributed by atoms with E-state index in [0.29, 0.717) is 5.92 Å². The molecule has 3 aromatic rings. The van der Waals surface area contributed by atoms with Gasteiger partial charge in [-0.2, -0.15) is 0 Å². The van der Waals surface area contributed by atoms with Gasteiger partial charge in [0.1, 0.15) is 5.82 Å². The molecule has 21 heavy (non-hydrogen) atoms. The number of imidazole rings is 1. The summed E-state index contributed by atoms with van der Waals surface area (Å²) in [6.07, 6.45) is 7.20. The summed E-state index contributed by atoms with van der Waals surface area (Å²) < 4.78 is 9.87. The summed E-state index contributed by atoms with van der Waals surface area (Å²) in [6, 6.07) is 8.70. The third-order valence-corrected chi connectivity index (χ3v) is 4.34. The van der Waals surface area contributed by atoms with Gasteiger partial charge in [0.25, 0.3) is 0 Å². The van der Waals surface area contributed by atoms with Gasteiger partial charge in [0, 0.05) is 61.2 Å². The number of hydrogen-bond acceptors (Lipinski definition) is 2. The van der Waals surface area contributed by atoms with Gasteiger partial charge in [-0.3, -0.25) is 0 Å². The van der Waals surface area contributed by atoms with Crippen molar-refractivity contribution < 1.29 is 4.74 Å². The zero-order chi connectivity index (χ0) is 14.2. The Morgan fingerprint density at radius 1 is 1.29 bits per heavy atom. The van der Waals surface area contributed by atoms with Gasteiger partial charge in [-0.1, -0.05) is 0 Å². The van der Waals surface area contributed by atoms with Crippen LogP contribution in [0.4, 0.5) is 0 Å². The highest BCUT2D eigenvalue weighted by atomic mass is 16.5. The van der Waals surface area contributed by atoms with Gasteiger partial charge in [0.2, 0.25) is 0 Å². The third-order valence-electron chi connectivity index (χ3n) is 4.34. The van der Waals surface area contributed by atoms with Gasteiger partial charge in [-0.25, -0.2) is 4.98 Å². The maximum atomic E-state index is 5.48. The predicted octanol–water partition coefficient (Wildman–Crippen LogP) is 3.08. The highest BCUT2D eigenvalue weighted by molar-refractivity contribution is 5.84. The fourth-order valence-electron chi connectivity index (χ4n) is 3.14. The van der Waals surface area contributed by atoms with Crippen molar-refractivity contribution in [2.75, 3.05) is 13.2 Å². The van der Waals surface area contributed by atoms with E-state index in [1.165, 1.54) is 16.5 Å². The monoisotopic (exact) mass is 281 g/mol. The zero-order valence-electron chi connectivity index (χ0n) is 12.2. The van der Waals surface area contributed by atoms with E-state index in [-0.39, 0.29) is 0 Å². The van der Waals surface area contributed by atoms with Crippen LogP contribution >= 0.6 is 0 Å². The molecule has 1 aliphatic rings. The minimum atomic E-state index is 0.610. The van der Waals surface area contributed by atoms with Crippen LogP contribution in [0.25, 0.3) is 22.3 Å². The maximum Gasteiger partial charge on any atom is 0.139 e. The summed E-state index contributed by atoms with van der Waals surface area (Å²) in [5.41, 5.74) is 2.43. The fraction of sp³-hybridized carbons (Fsp3) is 0.353. The quantitative estimate of drug-likeness (QED) is 0.739. The molecule has 1 atom stereocenters. The first-order valence-corrected chi connectivity index (χ1v) is 7.45. The van der Waals surface area contributed by atoms with Crippen LogP contribution in [0.2, 0.25) is 0 Å². The lowest BCUT2D eigenvalue weighted by Crippen LogP contribution is -2.11. The first-order chi connectivity index (χ1) is 10.3. The van der Waals surface area contributed by atoms with Gasteiger partial charge in [-0.05, 0) is 30.7 Å². The molecular formula is C17H19N3O. The maximum absolute atomic E-state index is 5.48. The Morgan fingerprint density at radius 3 is 3.10 bits per heavy atom. The van der Waals surface area contributed by atoms with Crippen LogP contribution < -0.4 is 0 Å². The van der Waals surface area contributed by atoms with Crippen LogP contribution in [0.3, 0.4) is 0 Å². The van der Waals surface area contributed by atoms with Gasteiger partial charge in [-0.15, -0.1) is 0 Å². The van der Waals surface area contributed by atoms with E-state index in [2.05, 4.69) is 57.8 Å². The molecule has 0 N–H and O–H groups in total. The molecule has 4 heteroatoms. The molecule has 1 unspecified atom stereocenters. The minimum absolute atomic E-state index is 0.610. The molecule has 0 saturated carbocycles. The molecule has 1 aromatic carbocycles. The van der Waals surface area contributed by atoms with E-state index in [1.54, 1.807) is 0 Å². The second kappa shape index (κ2) is 5.04. The smallest absolute Gasteiger partial charge is 0.139 e. The first-order valence-electron chi connectivity index (χ1n) is 7.45. The molecule has 1 saturated heterocycles. The average Bonchev–Trinajstić information content (AvgIpc) is 3.22. The summed E-state index contributed by atoms with van der Waals surface area (Å²) >= 11 is 0. The molecule has 0 aliphatic carbocycles. The van der Waals surface area contributed by atoms with Crippen LogP contribution in [0.15, 0.2) is 42.9 Å². The Bertz CT molecular complexity index is 765. The molecule has 0 amide bonds. The van der Waals surface area contributed by atoms with Crippen LogP contribution in [-0.4, -0.2) is 27.3 Å². The van der Waals surface area contributed by atoms with Crippen molar-refractivity contribution in [1.29, 1.82) is 0 Å². The predicted molar refractivity (Wildman–Crippen MR) is 83.1 cm³/mol. The van der Waals surface area contributed by atoms with Crippen LogP contribution in [0.5, 0.6) is 0 Å².